The van der Waals surface area contributed by atoms with Gasteiger partial charge in [-0.25, -0.2) is 0 Å². The van der Waals surface area contributed by atoms with Gasteiger partial charge in [-0.3, -0.25) is 0 Å². The Labute approximate surface area is 109 Å². The third-order valence-corrected chi connectivity index (χ3v) is 3.23. The van der Waals surface area contributed by atoms with Gasteiger partial charge in [0.1, 0.15) is 0 Å². The van der Waals surface area contributed by atoms with Gasteiger partial charge in [-0.15, -0.1) is 0 Å². The van der Waals surface area contributed by atoms with E-state index in [-0.39, 0.29) is 21.4 Å². The largest absolute Gasteiger partial charge is 0.416 e. The first-order valence-electron chi connectivity index (χ1n) is 4.10. The minimum Gasteiger partial charge on any atom is -0.166 e. The summed E-state index contributed by atoms with van der Waals surface area (Å²) in [6.07, 6.45) is -9.64. The van der Waals surface area contributed by atoms with Crippen LogP contribution in [0.5, 0.6) is 0 Å². The van der Waals surface area contributed by atoms with Crippen LogP contribution in [-0.4, -0.2) is 0 Å². The monoisotopic (exact) mass is 384 g/mol. The van der Waals surface area contributed by atoms with Crippen molar-refractivity contribution in [2.75, 3.05) is 0 Å². The Kier molecular flexibility index (Phi) is 4.18. The molecule has 0 heterocycles. The van der Waals surface area contributed by atoms with Crippen molar-refractivity contribution in [3.63, 3.8) is 0 Å². The SMILES string of the molecule is FC(F)(F)c1cc(Br)c(CBr)c(C(F)(F)F)c1. The summed E-state index contributed by atoms with van der Waals surface area (Å²) >= 11 is 5.53. The number of benzene rings is 1. The van der Waals surface area contributed by atoms with Gasteiger partial charge in [0.05, 0.1) is 11.1 Å². The maximum absolute atomic E-state index is 12.6. The fourth-order valence-electron chi connectivity index (χ4n) is 1.19. The molecule has 0 aliphatic carbocycles. The number of hydrogen-bond acceptors (Lipinski definition) is 0. The number of alkyl halides is 7. The third kappa shape index (κ3) is 3.37. The molecule has 0 bridgehead atoms. The van der Waals surface area contributed by atoms with Gasteiger partial charge in [0, 0.05) is 9.80 Å². The number of hydrogen-bond donors (Lipinski definition) is 0. The average molecular weight is 386 g/mol. The summed E-state index contributed by atoms with van der Waals surface area (Å²) in [6, 6.07) is 0.743. The molecule has 0 aliphatic heterocycles. The molecule has 0 fully saturated rings. The smallest absolute Gasteiger partial charge is 0.166 e. The second kappa shape index (κ2) is 4.79. The van der Waals surface area contributed by atoms with Gasteiger partial charge in [0.15, 0.2) is 0 Å². The molecule has 96 valence electrons. The van der Waals surface area contributed by atoms with Gasteiger partial charge < -0.3 is 0 Å². The summed E-state index contributed by atoms with van der Waals surface area (Å²) in [7, 11) is 0. The minimum atomic E-state index is -4.83. The van der Waals surface area contributed by atoms with Crippen LogP contribution in [0.15, 0.2) is 16.6 Å². The summed E-state index contributed by atoms with van der Waals surface area (Å²) in [4.78, 5) is 0. The zero-order chi connectivity index (χ0) is 13.4. The fraction of sp³-hybridized carbons (Fsp3) is 0.333. The van der Waals surface area contributed by atoms with E-state index in [0.717, 1.165) is 0 Å². The Balaban J connectivity index is 3.51. The molecule has 0 saturated carbocycles. The standard InChI is InChI=1S/C9H4Br2F6/c10-3-5-6(9(15,16)17)1-4(2-7(5)11)8(12,13)14/h1-2H,3H2. The molecule has 17 heavy (non-hydrogen) atoms. The van der Waals surface area contributed by atoms with Crippen LogP contribution in [0.4, 0.5) is 26.3 Å². The van der Waals surface area contributed by atoms with Gasteiger partial charge in [0.25, 0.3) is 0 Å². The second-order valence-electron chi connectivity index (χ2n) is 3.11. The maximum atomic E-state index is 12.6. The molecule has 0 amide bonds. The summed E-state index contributed by atoms with van der Waals surface area (Å²) in [5.41, 5.74) is -2.89. The highest BCUT2D eigenvalue weighted by Crippen LogP contribution is 2.41. The lowest BCUT2D eigenvalue weighted by Gasteiger charge is -2.16. The summed E-state index contributed by atoms with van der Waals surface area (Å²) in [6.45, 7) is 0. The summed E-state index contributed by atoms with van der Waals surface area (Å²) < 4.78 is 74.6. The molecule has 1 aromatic rings. The van der Waals surface area contributed by atoms with E-state index in [1.807, 2.05) is 0 Å². The van der Waals surface area contributed by atoms with E-state index in [1.54, 1.807) is 0 Å². The second-order valence-corrected chi connectivity index (χ2v) is 4.53. The van der Waals surface area contributed by atoms with E-state index in [4.69, 9.17) is 0 Å². The van der Waals surface area contributed by atoms with Gasteiger partial charge in [0.2, 0.25) is 0 Å². The van der Waals surface area contributed by atoms with Crippen molar-refractivity contribution in [3.8, 4) is 0 Å². The van der Waals surface area contributed by atoms with Gasteiger partial charge in [-0.2, -0.15) is 26.3 Å². The van der Waals surface area contributed by atoms with Crippen LogP contribution < -0.4 is 0 Å². The molecule has 0 radical (unpaired) electrons. The molecule has 0 aliphatic rings. The van der Waals surface area contributed by atoms with Crippen LogP contribution in [-0.2, 0) is 17.7 Å². The molecule has 0 saturated heterocycles. The highest BCUT2D eigenvalue weighted by atomic mass is 79.9. The molecular formula is C9H4Br2F6. The Morgan fingerprint density at radius 3 is 1.82 bits per heavy atom. The van der Waals surface area contributed by atoms with Crippen LogP contribution in [0.3, 0.4) is 0 Å². The predicted octanol–water partition coefficient (Wildman–Crippen LogP) is 5.38. The first-order chi connectivity index (χ1) is 7.57. The van der Waals surface area contributed by atoms with Crippen LogP contribution in [0.1, 0.15) is 16.7 Å². The molecule has 0 unspecified atom stereocenters. The lowest BCUT2D eigenvalue weighted by atomic mass is 10.0. The first-order valence-corrected chi connectivity index (χ1v) is 6.01. The zero-order valence-electron chi connectivity index (χ0n) is 7.89. The van der Waals surface area contributed by atoms with Gasteiger partial charge in [-0.1, -0.05) is 31.9 Å². The van der Waals surface area contributed by atoms with Crippen LogP contribution in [0, 0.1) is 0 Å². The lowest BCUT2D eigenvalue weighted by Crippen LogP contribution is -2.13. The predicted molar refractivity (Wildman–Crippen MR) is 56.8 cm³/mol. The molecule has 0 atom stereocenters. The number of rotatable bonds is 1. The van der Waals surface area contributed by atoms with Crippen LogP contribution in [0.25, 0.3) is 0 Å². The van der Waals surface area contributed by atoms with E-state index in [1.165, 1.54) is 0 Å². The van der Waals surface area contributed by atoms with E-state index in [2.05, 4.69) is 31.9 Å². The van der Waals surface area contributed by atoms with E-state index in [0.29, 0.717) is 6.07 Å². The lowest BCUT2D eigenvalue weighted by molar-refractivity contribution is -0.143. The maximum Gasteiger partial charge on any atom is 0.416 e. The van der Waals surface area contributed by atoms with E-state index >= 15 is 0 Å². The molecule has 1 rings (SSSR count). The van der Waals surface area contributed by atoms with Crippen molar-refractivity contribution in [1.82, 2.24) is 0 Å². The Morgan fingerprint density at radius 1 is 0.941 bits per heavy atom. The molecule has 0 aromatic heterocycles. The van der Waals surface area contributed by atoms with Crippen molar-refractivity contribution >= 4 is 31.9 Å². The van der Waals surface area contributed by atoms with Gasteiger partial charge >= 0.3 is 12.4 Å². The average Bonchev–Trinajstić information content (AvgIpc) is 2.13. The molecule has 0 spiro atoms. The Morgan fingerprint density at radius 2 is 1.47 bits per heavy atom. The molecule has 1 aromatic carbocycles. The quantitative estimate of drug-likeness (QED) is 0.449. The summed E-state index contributed by atoms with van der Waals surface area (Å²) in [5.74, 6) is 0. The molecule has 0 N–H and O–H groups in total. The van der Waals surface area contributed by atoms with Crippen LogP contribution in [0.2, 0.25) is 0 Å². The van der Waals surface area contributed by atoms with E-state index < -0.39 is 23.5 Å². The molecule has 0 nitrogen and oxygen atoms in total. The Hall–Kier alpha value is -0.240. The fourth-order valence-corrected chi connectivity index (χ4v) is 2.77. The van der Waals surface area contributed by atoms with Crippen molar-refractivity contribution in [3.05, 3.63) is 33.3 Å². The summed E-state index contributed by atoms with van der Waals surface area (Å²) in [5, 5.41) is -0.194. The topological polar surface area (TPSA) is 0 Å². The third-order valence-electron chi connectivity index (χ3n) is 1.96. The van der Waals surface area contributed by atoms with Crippen LogP contribution >= 0.6 is 31.9 Å². The highest BCUT2D eigenvalue weighted by Gasteiger charge is 2.38. The molecular weight excluding hydrogens is 382 g/mol. The van der Waals surface area contributed by atoms with Crippen molar-refractivity contribution < 1.29 is 26.3 Å². The van der Waals surface area contributed by atoms with Gasteiger partial charge in [-0.05, 0) is 17.7 Å². The van der Waals surface area contributed by atoms with Crippen molar-refractivity contribution in [1.29, 1.82) is 0 Å². The zero-order valence-corrected chi connectivity index (χ0v) is 11.1. The van der Waals surface area contributed by atoms with E-state index in [9.17, 15) is 26.3 Å². The number of halogens is 8. The molecule has 8 heteroatoms. The minimum absolute atomic E-state index is 0.112. The highest BCUT2D eigenvalue weighted by molar-refractivity contribution is 9.10. The Bertz CT molecular complexity index is 421. The van der Waals surface area contributed by atoms with Crippen molar-refractivity contribution in [2.45, 2.75) is 17.7 Å². The first kappa shape index (κ1) is 14.8. The van der Waals surface area contributed by atoms with Crippen molar-refractivity contribution in [2.24, 2.45) is 0 Å². The normalized spacial score (nSPS) is 12.9.